The van der Waals surface area contributed by atoms with Crippen LogP contribution < -0.4 is 4.90 Å². The van der Waals surface area contributed by atoms with Gasteiger partial charge in [-0.05, 0) is 30.3 Å². The number of rotatable bonds is 3. The summed E-state index contributed by atoms with van der Waals surface area (Å²) < 4.78 is 1.74. The molecule has 98 valence electrons. The summed E-state index contributed by atoms with van der Waals surface area (Å²) in [7, 11) is 3.79. The van der Waals surface area contributed by atoms with E-state index in [9.17, 15) is 4.79 Å². The van der Waals surface area contributed by atoms with Gasteiger partial charge < -0.3 is 4.90 Å². The van der Waals surface area contributed by atoms with Gasteiger partial charge in [-0.25, -0.2) is 4.98 Å². The highest BCUT2D eigenvalue weighted by Crippen LogP contribution is 2.22. The van der Waals surface area contributed by atoms with E-state index in [1.807, 2.05) is 37.2 Å². The zero-order valence-electron chi connectivity index (χ0n) is 10.5. The zero-order chi connectivity index (χ0) is 14.0. The van der Waals surface area contributed by atoms with Crippen molar-refractivity contribution in [3.05, 3.63) is 56.6 Å². The Morgan fingerprint density at radius 2 is 1.68 bits per heavy atom. The van der Waals surface area contributed by atoms with Crippen LogP contribution >= 0.6 is 31.9 Å². The number of hydrogen-bond acceptors (Lipinski definition) is 3. The van der Waals surface area contributed by atoms with Crippen LogP contribution in [0.25, 0.3) is 0 Å². The van der Waals surface area contributed by atoms with Crippen LogP contribution in [-0.2, 0) is 0 Å². The fraction of sp³-hybridized carbons (Fsp3) is 0.143. The van der Waals surface area contributed by atoms with Gasteiger partial charge in [0.15, 0.2) is 5.78 Å². The molecular weight excluding hydrogens is 372 g/mol. The predicted molar refractivity (Wildman–Crippen MR) is 83.8 cm³/mol. The molecule has 0 aliphatic heterocycles. The lowest BCUT2D eigenvalue weighted by molar-refractivity contribution is 0.103. The monoisotopic (exact) mass is 382 g/mol. The van der Waals surface area contributed by atoms with E-state index >= 15 is 0 Å². The molecule has 2 aromatic rings. The number of carbonyl (C=O) groups excluding carboxylic acids is 1. The third-order valence-electron chi connectivity index (χ3n) is 2.59. The van der Waals surface area contributed by atoms with Crippen molar-refractivity contribution in [2.45, 2.75) is 0 Å². The van der Waals surface area contributed by atoms with Crippen LogP contribution in [0.1, 0.15) is 15.9 Å². The van der Waals surface area contributed by atoms with Gasteiger partial charge in [-0.3, -0.25) is 4.79 Å². The van der Waals surface area contributed by atoms with E-state index < -0.39 is 0 Å². The highest BCUT2D eigenvalue weighted by Gasteiger charge is 2.12. The fourth-order valence-corrected chi connectivity index (χ4v) is 2.95. The molecule has 0 atom stereocenters. The number of nitrogens with zero attached hydrogens (tertiary/aromatic N) is 2. The molecule has 3 nitrogen and oxygen atoms in total. The van der Waals surface area contributed by atoms with Crippen molar-refractivity contribution in [3.8, 4) is 0 Å². The van der Waals surface area contributed by atoms with E-state index in [1.54, 1.807) is 18.3 Å². The van der Waals surface area contributed by atoms with Crippen LogP contribution in [0.3, 0.4) is 0 Å². The number of benzene rings is 1. The van der Waals surface area contributed by atoms with Crippen molar-refractivity contribution in [2.24, 2.45) is 0 Å². The van der Waals surface area contributed by atoms with Gasteiger partial charge in [0.1, 0.15) is 5.82 Å². The standard InChI is InChI=1S/C14H12Br2N2O/c1-18(2)13-7-9(3-4-17-13)14(19)10-5-11(15)8-12(16)6-10/h3-8H,1-2H3. The first kappa shape index (κ1) is 14.2. The average molecular weight is 384 g/mol. The molecule has 0 spiro atoms. The number of hydrogen-bond donors (Lipinski definition) is 0. The first-order valence-corrected chi connectivity index (χ1v) is 7.20. The summed E-state index contributed by atoms with van der Waals surface area (Å²) in [6, 6.07) is 9.03. The van der Waals surface area contributed by atoms with Crippen molar-refractivity contribution in [1.29, 1.82) is 0 Å². The molecule has 0 N–H and O–H groups in total. The lowest BCUT2D eigenvalue weighted by atomic mass is 10.0. The minimum atomic E-state index is -0.0208. The molecule has 1 aromatic carbocycles. The largest absolute Gasteiger partial charge is 0.363 e. The van der Waals surface area contributed by atoms with Crippen LogP contribution in [0.15, 0.2) is 45.5 Å². The Labute approximate surface area is 128 Å². The number of anilines is 1. The second kappa shape index (κ2) is 5.84. The highest BCUT2D eigenvalue weighted by atomic mass is 79.9. The Hall–Kier alpha value is -1.20. The van der Waals surface area contributed by atoms with Crippen molar-refractivity contribution in [2.75, 3.05) is 19.0 Å². The molecule has 5 heteroatoms. The van der Waals surface area contributed by atoms with Gasteiger partial charge in [-0.2, -0.15) is 0 Å². The lowest BCUT2D eigenvalue weighted by Gasteiger charge is -2.11. The van der Waals surface area contributed by atoms with E-state index in [4.69, 9.17) is 0 Å². The van der Waals surface area contributed by atoms with Crippen molar-refractivity contribution in [3.63, 3.8) is 0 Å². The molecule has 0 radical (unpaired) electrons. The third kappa shape index (κ3) is 3.42. The molecule has 0 saturated carbocycles. The number of halogens is 2. The Kier molecular flexibility index (Phi) is 4.37. The maximum Gasteiger partial charge on any atom is 0.193 e. The average Bonchev–Trinajstić information content (AvgIpc) is 2.37. The summed E-state index contributed by atoms with van der Waals surface area (Å²) in [6.07, 6.45) is 1.65. The van der Waals surface area contributed by atoms with Crippen LogP contribution in [-0.4, -0.2) is 24.9 Å². The lowest BCUT2D eigenvalue weighted by Crippen LogP contribution is -2.12. The summed E-state index contributed by atoms with van der Waals surface area (Å²) >= 11 is 6.78. The normalized spacial score (nSPS) is 10.3. The maximum absolute atomic E-state index is 12.4. The molecule has 0 bridgehead atoms. The van der Waals surface area contributed by atoms with Crippen LogP contribution in [0.5, 0.6) is 0 Å². The van der Waals surface area contributed by atoms with E-state index in [2.05, 4.69) is 36.8 Å². The number of ketones is 1. The van der Waals surface area contributed by atoms with Gasteiger partial charge in [-0.1, -0.05) is 31.9 Å². The molecular formula is C14H12Br2N2O. The van der Waals surface area contributed by atoms with Gasteiger partial charge in [0, 0.05) is 40.4 Å². The minimum absolute atomic E-state index is 0.0208. The first-order chi connectivity index (χ1) is 8.97. The molecule has 0 saturated heterocycles. The predicted octanol–water partition coefficient (Wildman–Crippen LogP) is 3.90. The Morgan fingerprint density at radius 3 is 2.26 bits per heavy atom. The Morgan fingerprint density at radius 1 is 1.05 bits per heavy atom. The second-order valence-corrected chi connectivity index (χ2v) is 6.12. The zero-order valence-corrected chi connectivity index (χ0v) is 13.7. The van der Waals surface area contributed by atoms with Gasteiger partial charge in [0.05, 0.1) is 0 Å². The van der Waals surface area contributed by atoms with Gasteiger partial charge in [0.2, 0.25) is 0 Å². The summed E-state index contributed by atoms with van der Waals surface area (Å²) in [4.78, 5) is 18.5. The van der Waals surface area contributed by atoms with Crippen LogP contribution in [0.4, 0.5) is 5.82 Å². The molecule has 0 fully saturated rings. The van der Waals surface area contributed by atoms with Crippen molar-refractivity contribution >= 4 is 43.5 Å². The first-order valence-electron chi connectivity index (χ1n) is 5.61. The van der Waals surface area contributed by atoms with Crippen molar-refractivity contribution in [1.82, 2.24) is 4.98 Å². The molecule has 0 amide bonds. The summed E-state index contributed by atoms with van der Waals surface area (Å²) in [5.41, 5.74) is 1.26. The molecule has 0 unspecified atom stereocenters. The summed E-state index contributed by atoms with van der Waals surface area (Å²) in [6.45, 7) is 0. The quantitative estimate of drug-likeness (QED) is 0.753. The molecule has 1 aromatic heterocycles. The van der Waals surface area contributed by atoms with E-state index in [0.29, 0.717) is 11.1 Å². The summed E-state index contributed by atoms with van der Waals surface area (Å²) in [5, 5.41) is 0. The molecule has 2 rings (SSSR count). The number of aromatic nitrogens is 1. The number of pyridine rings is 1. The van der Waals surface area contributed by atoms with Gasteiger partial charge in [-0.15, -0.1) is 0 Å². The van der Waals surface area contributed by atoms with Crippen LogP contribution in [0.2, 0.25) is 0 Å². The van der Waals surface area contributed by atoms with E-state index in [1.165, 1.54) is 0 Å². The van der Waals surface area contributed by atoms with E-state index in [-0.39, 0.29) is 5.78 Å². The highest BCUT2D eigenvalue weighted by molar-refractivity contribution is 9.11. The third-order valence-corrected chi connectivity index (χ3v) is 3.51. The SMILES string of the molecule is CN(C)c1cc(C(=O)c2cc(Br)cc(Br)c2)ccn1. The molecule has 0 aliphatic rings. The van der Waals surface area contributed by atoms with E-state index in [0.717, 1.165) is 14.8 Å². The number of carbonyl (C=O) groups is 1. The van der Waals surface area contributed by atoms with Crippen LogP contribution in [0, 0.1) is 0 Å². The molecule has 0 aliphatic carbocycles. The topological polar surface area (TPSA) is 33.2 Å². The second-order valence-electron chi connectivity index (χ2n) is 4.28. The van der Waals surface area contributed by atoms with Crippen molar-refractivity contribution < 1.29 is 4.79 Å². The fourth-order valence-electron chi connectivity index (χ4n) is 1.66. The smallest absolute Gasteiger partial charge is 0.193 e. The maximum atomic E-state index is 12.4. The molecule has 19 heavy (non-hydrogen) atoms. The Balaban J connectivity index is 2.41. The Bertz CT molecular complexity index is 606. The summed E-state index contributed by atoms with van der Waals surface area (Å²) in [5.74, 6) is 0.743. The minimum Gasteiger partial charge on any atom is -0.363 e. The van der Waals surface area contributed by atoms with Gasteiger partial charge in [0.25, 0.3) is 0 Å². The van der Waals surface area contributed by atoms with Gasteiger partial charge >= 0.3 is 0 Å². The molecule has 1 heterocycles.